The predicted octanol–water partition coefficient (Wildman–Crippen LogP) is 4.38. The first-order valence-corrected chi connectivity index (χ1v) is 6.45. The van der Waals surface area contributed by atoms with Crippen molar-refractivity contribution in [3.05, 3.63) is 52.5 Å². The number of phenolic OH excluding ortho intramolecular Hbond substituents is 1. The van der Waals surface area contributed by atoms with Gasteiger partial charge in [-0.1, -0.05) is 15.9 Å². The Morgan fingerprint density at radius 2 is 1.84 bits per heavy atom. The Labute approximate surface area is 117 Å². The lowest BCUT2D eigenvalue weighted by atomic mass is 10.1. The average Bonchev–Trinajstić information content (AvgIpc) is 2.77. The monoisotopic (exact) mass is 316 g/mol. The molecule has 3 rings (SSSR count). The lowest BCUT2D eigenvalue weighted by Crippen LogP contribution is -1.82. The Morgan fingerprint density at radius 3 is 2.53 bits per heavy atom. The van der Waals surface area contributed by atoms with Crippen molar-refractivity contribution in [2.75, 3.05) is 0 Å². The molecular formula is C15H9BrO3. The molecule has 1 aromatic heterocycles. The minimum Gasteiger partial charge on any atom is -0.508 e. The first kappa shape index (κ1) is 12.0. The molecule has 0 saturated carbocycles. The van der Waals surface area contributed by atoms with Crippen molar-refractivity contribution in [3.8, 4) is 17.1 Å². The summed E-state index contributed by atoms with van der Waals surface area (Å²) in [4.78, 5) is 11.3. The second-order valence-corrected chi connectivity index (χ2v) is 5.07. The summed E-state index contributed by atoms with van der Waals surface area (Å²) in [6.07, 6.45) is 0.792. The van der Waals surface area contributed by atoms with Gasteiger partial charge in [-0.3, -0.25) is 4.79 Å². The Balaban J connectivity index is 2.28. The molecule has 0 radical (unpaired) electrons. The van der Waals surface area contributed by atoms with Gasteiger partial charge in [-0.15, -0.1) is 0 Å². The Morgan fingerprint density at radius 1 is 1.11 bits per heavy atom. The van der Waals surface area contributed by atoms with Gasteiger partial charge in [-0.05, 0) is 42.5 Å². The number of carbonyl (C=O) groups excluding carboxylic acids is 1. The lowest BCUT2D eigenvalue weighted by molar-refractivity contribution is 0.112. The number of hydrogen-bond acceptors (Lipinski definition) is 3. The summed E-state index contributed by atoms with van der Waals surface area (Å²) in [7, 11) is 0. The number of rotatable bonds is 2. The molecule has 0 fully saturated rings. The van der Waals surface area contributed by atoms with Crippen LogP contribution in [0.4, 0.5) is 0 Å². The molecule has 1 heterocycles. The zero-order valence-electron chi connectivity index (χ0n) is 9.76. The normalized spacial score (nSPS) is 10.8. The largest absolute Gasteiger partial charge is 0.508 e. The molecule has 2 aromatic carbocycles. The van der Waals surface area contributed by atoms with E-state index in [4.69, 9.17) is 4.42 Å². The van der Waals surface area contributed by atoms with Crippen molar-refractivity contribution in [1.29, 1.82) is 0 Å². The number of hydrogen-bond donors (Lipinski definition) is 1. The average molecular weight is 317 g/mol. The van der Waals surface area contributed by atoms with E-state index < -0.39 is 0 Å². The summed E-state index contributed by atoms with van der Waals surface area (Å²) in [5.41, 5.74) is 1.93. The number of phenols is 1. The molecule has 0 aliphatic heterocycles. The molecule has 94 valence electrons. The topological polar surface area (TPSA) is 50.4 Å². The quantitative estimate of drug-likeness (QED) is 0.714. The number of fused-ring (bicyclic) bond motifs is 1. The molecule has 0 atom stereocenters. The number of aromatic hydroxyl groups is 1. The van der Waals surface area contributed by atoms with Crippen molar-refractivity contribution in [2.45, 2.75) is 0 Å². The molecule has 19 heavy (non-hydrogen) atoms. The smallest absolute Gasteiger partial charge is 0.154 e. The number of halogens is 1. The highest BCUT2D eigenvalue weighted by Crippen LogP contribution is 2.34. The van der Waals surface area contributed by atoms with Crippen LogP contribution in [0.3, 0.4) is 0 Å². The molecule has 1 N–H and O–H groups in total. The second kappa shape index (κ2) is 4.55. The van der Waals surface area contributed by atoms with E-state index in [1.807, 2.05) is 18.2 Å². The van der Waals surface area contributed by atoms with Crippen LogP contribution < -0.4 is 0 Å². The molecule has 0 spiro atoms. The predicted molar refractivity (Wildman–Crippen MR) is 76.4 cm³/mol. The molecule has 0 amide bonds. The van der Waals surface area contributed by atoms with E-state index in [9.17, 15) is 9.90 Å². The first-order valence-electron chi connectivity index (χ1n) is 5.65. The van der Waals surface area contributed by atoms with Crippen LogP contribution in [0.15, 0.2) is 51.4 Å². The fourth-order valence-electron chi connectivity index (χ4n) is 2.03. The standard InChI is InChI=1S/C15H9BrO3/c16-10-3-6-14-12(7-10)13(8-17)15(19-14)9-1-4-11(18)5-2-9/h1-8,18H. The van der Waals surface area contributed by atoms with Gasteiger partial charge in [0.1, 0.15) is 17.1 Å². The summed E-state index contributed by atoms with van der Waals surface area (Å²) < 4.78 is 6.63. The van der Waals surface area contributed by atoms with Crippen LogP contribution in [0.5, 0.6) is 5.75 Å². The molecular weight excluding hydrogens is 308 g/mol. The van der Waals surface area contributed by atoms with E-state index in [2.05, 4.69) is 15.9 Å². The zero-order chi connectivity index (χ0) is 13.4. The molecule has 0 aliphatic carbocycles. The SMILES string of the molecule is O=Cc1c(-c2ccc(O)cc2)oc2ccc(Br)cc12. The number of benzene rings is 2. The molecule has 3 nitrogen and oxygen atoms in total. The highest BCUT2D eigenvalue weighted by molar-refractivity contribution is 9.10. The maximum atomic E-state index is 11.3. The third-order valence-electron chi connectivity index (χ3n) is 2.94. The van der Waals surface area contributed by atoms with E-state index >= 15 is 0 Å². The zero-order valence-corrected chi connectivity index (χ0v) is 11.3. The fraction of sp³-hybridized carbons (Fsp3) is 0. The van der Waals surface area contributed by atoms with Gasteiger partial charge in [0.2, 0.25) is 0 Å². The molecule has 3 aromatic rings. The van der Waals surface area contributed by atoms with Gasteiger partial charge < -0.3 is 9.52 Å². The summed E-state index contributed by atoms with van der Waals surface area (Å²) in [5.74, 6) is 0.693. The second-order valence-electron chi connectivity index (χ2n) is 4.15. The van der Waals surface area contributed by atoms with Gasteiger partial charge >= 0.3 is 0 Å². The van der Waals surface area contributed by atoms with Crippen molar-refractivity contribution in [1.82, 2.24) is 0 Å². The molecule has 0 unspecified atom stereocenters. The van der Waals surface area contributed by atoms with Crippen LogP contribution >= 0.6 is 15.9 Å². The molecule has 4 heteroatoms. The van der Waals surface area contributed by atoms with Crippen molar-refractivity contribution in [3.63, 3.8) is 0 Å². The summed E-state index contributed by atoms with van der Waals surface area (Å²) >= 11 is 3.38. The maximum Gasteiger partial charge on any atom is 0.154 e. The third-order valence-corrected chi connectivity index (χ3v) is 3.43. The number of carbonyl (C=O) groups is 1. The van der Waals surface area contributed by atoms with Crippen LogP contribution in [-0.4, -0.2) is 11.4 Å². The van der Waals surface area contributed by atoms with E-state index in [1.54, 1.807) is 24.3 Å². The molecule has 0 aliphatic rings. The Bertz CT molecular complexity index is 757. The molecule has 0 bridgehead atoms. The summed E-state index contributed by atoms with van der Waals surface area (Å²) in [6, 6.07) is 12.1. The first-order chi connectivity index (χ1) is 9.19. The highest BCUT2D eigenvalue weighted by Gasteiger charge is 2.15. The minimum atomic E-state index is 0.176. The maximum absolute atomic E-state index is 11.3. The minimum absolute atomic E-state index is 0.176. The van der Waals surface area contributed by atoms with Gasteiger partial charge in [0.15, 0.2) is 6.29 Å². The van der Waals surface area contributed by atoms with Gasteiger partial charge in [0.05, 0.1) is 5.56 Å². The van der Waals surface area contributed by atoms with Crippen molar-refractivity contribution >= 4 is 33.2 Å². The van der Waals surface area contributed by atoms with E-state index in [1.165, 1.54) is 0 Å². The summed E-state index contributed by atoms with van der Waals surface area (Å²) in [5, 5.41) is 10.1. The number of furan rings is 1. The van der Waals surface area contributed by atoms with E-state index in [0.717, 1.165) is 21.7 Å². The van der Waals surface area contributed by atoms with Gasteiger partial charge in [-0.25, -0.2) is 0 Å². The van der Waals surface area contributed by atoms with Crippen molar-refractivity contribution in [2.24, 2.45) is 0 Å². The summed E-state index contributed by atoms with van der Waals surface area (Å²) in [6.45, 7) is 0. The van der Waals surface area contributed by atoms with Crippen LogP contribution in [0.2, 0.25) is 0 Å². The third kappa shape index (κ3) is 2.04. The van der Waals surface area contributed by atoms with Crippen LogP contribution in [0.25, 0.3) is 22.3 Å². The van der Waals surface area contributed by atoms with E-state index in [-0.39, 0.29) is 5.75 Å². The van der Waals surface area contributed by atoms with Crippen LogP contribution in [-0.2, 0) is 0 Å². The van der Waals surface area contributed by atoms with Gasteiger partial charge in [0.25, 0.3) is 0 Å². The Kier molecular flexibility index (Phi) is 2.87. The highest BCUT2D eigenvalue weighted by atomic mass is 79.9. The van der Waals surface area contributed by atoms with Crippen LogP contribution in [0, 0.1) is 0 Å². The lowest BCUT2D eigenvalue weighted by Gasteiger charge is -1.98. The fourth-order valence-corrected chi connectivity index (χ4v) is 2.39. The number of aldehydes is 1. The molecule has 0 saturated heterocycles. The van der Waals surface area contributed by atoms with Gasteiger partial charge in [0, 0.05) is 15.4 Å². The van der Waals surface area contributed by atoms with E-state index in [0.29, 0.717) is 16.9 Å². The van der Waals surface area contributed by atoms with Gasteiger partial charge in [-0.2, -0.15) is 0 Å². The van der Waals surface area contributed by atoms with Crippen LogP contribution in [0.1, 0.15) is 10.4 Å². The Hall–Kier alpha value is -2.07. The van der Waals surface area contributed by atoms with Crippen molar-refractivity contribution < 1.29 is 14.3 Å².